The zero-order chi connectivity index (χ0) is 23.0. The Balaban J connectivity index is 1.27. The highest BCUT2D eigenvalue weighted by Crippen LogP contribution is 2.33. The lowest BCUT2D eigenvalue weighted by atomic mass is 9.92. The molecule has 0 radical (unpaired) electrons. The van der Waals surface area contributed by atoms with Crippen molar-refractivity contribution in [2.75, 3.05) is 31.1 Å². The number of ketones is 1. The van der Waals surface area contributed by atoms with Gasteiger partial charge in [-0.25, -0.2) is 9.97 Å². The van der Waals surface area contributed by atoms with Crippen LogP contribution in [0.1, 0.15) is 41.0 Å². The number of amides is 1. The maximum atomic E-state index is 13.1. The Morgan fingerprint density at radius 2 is 1.73 bits per heavy atom. The second-order valence-corrected chi connectivity index (χ2v) is 9.08. The predicted octanol–water partition coefficient (Wildman–Crippen LogP) is 3.85. The third-order valence-corrected chi connectivity index (χ3v) is 6.11. The van der Waals surface area contributed by atoms with E-state index in [4.69, 9.17) is 4.74 Å². The van der Waals surface area contributed by atoms with Gasteiger partial charge in [0.15, 0.2) is 5.78 Å². The summed E-state index contributed by atoms with van der Waals surface area (Å²) in [5.41, 5.74) is 2.42. The fourth-order valence-corrected chi connectivity index (χ4v) is 4.39. The first-order valence-corrected chi connectivity index (χ1v) is 11.2. The number of anilines is 1. The van der Waals surface area contributed by atoms with E-state index in [0.717, 1.165) is 17.1 Å². The SMILES string of the molecule is CC1(C)CC(=O)c2cc(C(=O)N3CCN(c4cc(-c5ccccc5)ncn4)CC3)ccc2O1. The maximum Gasteiger partial charge on any atom is 0.254 e. The van der Waals surface area contributed by atoms with Crippen LogP contribution in [-0.4, -0.2) is 58.3 Å². The Morgan fingerprint density at radius 1 is 0.970 bits per heavy atom. The minimum Gasteiger partial charge on any atom is -0.487 e. The molecule has 0 saturated carbocycles. The van der Waals surface area contributed by atoms with Gasteiger partial charge in [0.05, 0.1) is 17.7 Å². The van der Waals surface area contributed by atoms with Crippen molar-refractivity contribution in [2.24, 2.45) is 0 Å². The summed E-state index contributed by atoms with van der Waals surface area (Å²) in [7, 11) is 0. The summed E-state index contributed by atoms with van der Waals surface area (Å²) in [5.74, 6) is 1.35. The number of carbonyl (C=O) groups excluding carboxylic acids is 2. The minimum atomic E-state index is -0.521. The Morgan fingerprint density at radius 3 is 2.48 bits per heavy atom. The Labute approximate surface area is 193 Å². The van der Waals surface area contributed by atoms with Gasteiger partial charge in [0.25, 0.3) is 5.91 Å². The normalized spacial score (nSPS) is 17.3. The summed E-state index contributed by atoms with van der Waals surface area (Å²) < 4.78 is 5.91. The van der Waals surface area contributed by atoms with Crippen molar-refractivity contribution in [3.8, 4) is 17.0 Å². The van der Waals surface area contributed by atoms with Gasteiger partial charge in [0, 0.05) is 43.4 Å². The number of nitrogens with zero attached hydrogens (tertiary/aromatic N) is 4. The summed E-state index contributed by atoms with van der Waals surface area (Å²) in [6, 6.07) is 17.2. The molecular formula is C26H26N4O3. The molecule has 1 amide bonds. The topological polar surface area (TPSA) is 75.6 Å². The highest BCUT2D eigenvalue weighted by atomic mass is 16.5. The third kappa shape index (κ3) is 4.31. The summed E-state index contributed by atoms with van der Waals surface area (Å²) in [4.78, 5) is 38.5. The average molecular weight is 443 g/mol. The van der Waals surface area contributed by atoms with Crippen LogP contribution >= 0.6 is 0 Å². The first kappa shape index (κ1) is 21.1. The molecule has 3 aromatic rings. The van der Waals surface area contributed by atoms with E-state index in [0.29, 0.717) is 49.5 Å². The maximum absolute atomic E-state index is 13.1. The van der Waals surface area contributed by atoms with Crippen LogP contribution in [0.15, 0.2) is 60.9 Å². The number of carbonyl (C=O) groups is 2. The summed E-state index contributed by atoms with van der Waals surface area (Å²) in [5, 5.41) is 0. The van der Waals surface area contributed by atoms with Crippen LogP contribution in [0, 0.1) is 0 Å². The molecule has 0 atom stereocenters. The third-order valence-electron chi connectivity index (χ3n) is 6.11. The summed E-state index contributed by atoms with van der Waals surface area (Å²) >= 11 is 0. The van der Waals surface area contributed by atoms with E-state index in [1.165, 1.54) is 0 Å². The van der Waals surface area contributed by atoms with Crippen molar-refractivity contribution >= 4 is 17.5 Å². The van der Waals surface area contributed by atoms with Crippen molar-refractivity contribution < 1.29 is 14.3 Å². The zero-order valence-corrected chi connectivity index (χ0v) is 18.8. The minimum absolute atomic E-state index is 0.0127. The molecule has 2 aliphatic rings. The molecule has 0 spiro atoms. The molecule has 0 aliphatic carbocycles. The fraction of sp³-hybridized carbons (Fsp3) is 0.308. The molecule has 2 aliphatic heterocycles. The molecular weight excluding hydrogens is 416 g/mol. The number of benzene rings is 2. The number of rotatable bonds is 3. The van der Waals surface area contributed by atoms with E-state index in [1.54, 1.807) is 24.5 Å². The number of Topliss-reactive ketones (excluding diaryl/α,β-unsaturated/α-hetero) is 1. The van der Waals surface area contributed by atoms with Crippen LogP contribution in [0.4, 0.5) is 5.82 Å². The molecule has 0 bridgehead atoms. The fourth-order valence-electron chi connectivity index (χ4n) is 4.39. The molecule has 1 fully saturated rings. The molecule has 168 valence electrons. The van der Waals surface area contributed by atoms with Gasteiger partial charge in [-0.05, 0) is 32.0 Å². The lowest BCUT2D eigenvalue weighted by Crippen LogP contribution is -2.49. The Bertz CT molecular complexity index is 1200. The van der Waals surface area contributed by atoms with Crippen LogP contribution in [0.3, 0.4) is 0 Å². The summed E-state index contributed by atoms with van der Waals surface area (Å²) in [6.07, 6.45) is 1.89. The summed E-state index contributed by atoms with van der Waals surface area (Å²) in [6.45, 7) is 6.31. The molecule has 7 nitrogen and oxygen atoms in total. The predicted molar refractivity (Wildman–Crippen MR) is 126 cm³/mol. The van der Waals surface area contributed by atoms with Crippen LogP contribution in [0.5, 0.6) is 5.75 Å². The average Bonchev–Trinajstić information content (AvgIpc) is 2.83. The number of hydrogen-bond acceptors (Lipinski definition) is 6. The second-order valence-electron chi connectivity index (χ2n) is 9.08. The Kier molecular flexibility index (Phi) is 5.32. The van der Waals surface area contributed by atoms with Gasteiger partial charge >= 0.3 is 0 Å². The molecule has 7 heteroatoms. The van der Waals surface area contributed by atoms with E-state index in [2.05, 4.69) is 14.9 Å². The largest absolute Gasteiger partial charge is 0.487 e. The first-order chi connectivity index (χ1) is 15.9. The second kappa shape index (κ2) is 8.31. The van der Waals surface area contributed by atoms with Crippen molar-refractivity contribution in [1.82, 2.24) is 14.9 Å². The van der Waals surface area contributed by atoms with Crippen LogP contribution < -0.4 is 9.64 Å². The lowest BCUT2D eigenvalue weighted by molar-refractivity contribution is 0.0619. The smallest absolute Gasteiger partial charge is 0.254 e. The first-order valence-electron chi connectivity index (χ1n) is 11.2. The highest BCUT2D eigenvalue weighted by Gasteiger charge is 2.33. The molecule has 1 saturated heterocycles. The van der Waals surface area contributed by atoms with Crippen LogP contribution in [0.25, 0.3) is 11.3 Å². The van der Waals surface area contributed by atoms with Crippen molar-refractivity contribution in [2.45, 2.75) is 25.9 Å². The van der Waals surface area contributed by atoms with Gasteiger partial charge in [0.1, 0.15) is 23.5 Å². The Hall–Kier alpha value is -3.74. The van der Waals surface area contributed by atoms with Gasteiger partial charge in [-0.2, -0.15) is 0 Å². The molecule has 0 N–H and O–H groups in total. The highest BCUT2D eigenvalue weighted by molar-refractivity contribution is 6.03. The molecule has 0 unspecified atom stereocenters. The molecule has 5 rings (SSSR count). The van der Waals surface area contributed by atoms with E-state index in [1.807, 2.05) is 55.1 Å². The standard InChI is InChI=1S/C26H26N4O3/c1-26(2)16-22(31)20-14-19(8-9-23(20)33-26)25(32)30-12-10-29(11-13-30)24-15-21(27-17-28-24)18-6-4-3-5-7-18/h3-9,14-15,17H,10-13,16H2,1-2H3. The van der Waals surface area contributed by atoms with E-state index in [-0.39, 0.29) is 11.7 Å². The molecule has 3 heterocycles. The van der Waals surface area contributed by atoms with Crippen molar-refractivity contribution in [1.29, 1.82) is 0 Å². The van der Waals surface area contributed by atoms with Crippen molar-refractivity contribution in [3.63, 3.8) is 0 Å². The quantitative estimate of drug-likeness (QED) is 0.613. The molecule has 2 aromatic carbocycles. The van der Waals surface area contributed by atoms with Gasteiger partial charge in [-0.3, -0.25) is 9.59 Å². The van der Waals surface area contributed by atoms with Gasteiger partial charge in [-0.1, -0.05) is 30.3 Å². The van der Waals surface area contributed by atoms with Crippen LogP contribution in [-0.2, 0) is 0 Å². The molecule has 1 aromatic heterocycles. The van der Waals surface area contributed by atoms with E-state index >= 15 is 0 Å². The van der Waals surface area contributed by atoms with E-state index in [9.17, 15) is 9.59 Å². The lowest BCUT2D eigenvalue weighted by Gasteiger charge is -2.36. The van der Waals surface area contributed by atoms with Gasteiger partial charge in [-0.15, -0.1) is 0 Å². The monoisotopic (exact) mass is 442 g/mol. The zero-order valence-electron chi connectivity index (χ0n) is 18.8. The van der Waals surface area contributed by atoms with Gasteiger partial charge in [0.2, 0.25) is 0 Å². The van der Waals surface area contributed by atoms with Gasteiger partial charge < -0.3 is 14.5 Å². The number of hydrogen-bond donors (Lipinski definition) is 0. The number of fused-ring (bicyclic) bond motifs is 1. The van der Waals surface area contributed by atoms with E-state index < -0.39 is 5.60 Å². The number of ether oxygens (including phenoxy) is 1. The van der Waals surface area contributed by atoms with Crippen LogP contribution in [0.2, 0.25) is 0 Å². The number of aromatic nitrogens is 2. The van der Waals surface area contributed by atoms with Crippen molar-refractivity contribution in [3.05, 3.63) is 72.1 Å². The number of piperazine rings is 1. The molecule has 33 heavy (non-hydrogen) atoms.